The average molecular weight is 399 g/mol. The number of ether oxygens (including phenoxy) is 2. The second-order valence-electron chi connectivity index (χ2n) is 6.08. The van der Waals surface area contributed by atoms with Crippen LogP contribution in [0.15, 0.2) is 28.7 Å². The van der Waals surface area contributed by atoms with Crippen LogP contribution in [0.25, 0.3) is 0 Å². The van der Waals surface area contributed by atoms with Gasteiger partial charge >= 0.3 is 11.9 Å². The van der Waals surface area contributed by atoms with E-state index in [0.717, 1.165) is 4.47 Å². The van der Waals surface area contributed by atoms with E-state index in [1.165, 1.54) is 21.1 Å². The highest BCUT2D eigenvalue weighted by Crippen LogP contribution is 2.46. The van der Waals surface area contributed by atoms with Gasteiger partial charge in [0, 0.05) is 16.8 Å². The second-order valence-corrected chi connectivity index (χ2v) is 6.99. The van der Waals surface area contributed by atoms with Crippen molar-refractivity contribution in [3.05, 3.63) is 34.3 Å². The van der Waals surface area contributed by atoms with Crippen LogP contribution in [-0.4, -0.2) is 42.6 Å². The van der Waals surface area contributed by atoms with Crippen molar-refractivity contribution in [2.45, 2.75) is 24.9 Å². The largest absolute Gasteiger partial charge is 0.469 e. The molecule has 1 aromatic rings. The van der Waals surface area contributed by atoms with Crippen LogP contribution in [0.5, 0.6) is 0 Å². The Morgan fingerprint density at radius 3 is 2.21 bits per heavy atom. The maximum atomic E-state index is 12.5. The molecule has 2 rings (SSSR count). The van der Waals surface area contributed by atoms with Crippen molar-refractivity contribution < 1.29 is 29.0 Å². The van der Waals surface area contributed by atoms with Gasteiger partial charge in [-0.3, -0.25) is 14.4 Å². The lowest BCUT2D eigenvalue weighted by atomic mass is 9.62. The normalized spacial score (nSPS) is 29.9. The van der Waals surface area contributed by atoms with E-state index >= 15 is 0 Å². The molecule has 0 heterocycles. The molecule has 0 spiro atoms. The molecule has 1 N–H and O–H groups in total. The monoisotopic (exact) mass is 398 g/mol. The van der Waals surface area contributed by atoms with Gasteiger partial charge in [-0.05, 0) is 24.6 Å². The molecule has 24 heavy (non-hydrogen) atoms. The van der Waals surface area contributed by atoms with Gasteiger partial charge in [-0.15, -0.1) is 0 Å². The average Bonchev–Trinajstić information content (AvgIpc) is 2.53. The first-order chi connectivity index (χ1) is 11.2. The van der Waals surface area contributed by atoms with E-state index in [0.29, 0.717) is 5.56 Å². The number of carbonyl (C=O) groups excluding carboxylic acids is 3. The molecule has 6 nitrogen and oxygen atoms in total. The number of hydrogen-bond acceptors (Lipinski definition) is 6. The van der Waals surface area contributed by atoms with Crippen LogP contribution < -0.4 is 0 Å². The number of aliphatic hydroxyl groups is 1. The van der Waals surface area contributed by atoms with Gasteiger partial charge < -0.3 is 14.6 Å². The van der Waals surface area contributed by atoms with Gasteiger partial charge in [-0.25, -0.2) is 0 Å². The van der Waals surface area contributed by atoms with Crippen molar-refractivity contribution in [3.8, 4) is 0 Å². The summed E-state index contributed by atoms with van der Waals surface area (Å²) in [6.45, 7) is 1.41. The molecule has 4 atom stereocenters. The molecule has 0 radical (unpaired) electrons. The Morgan fingerprint density at radius 1 is 1.17 bits per heavy atom. The molecule has 1 saturated carbocycles. The maximum Gasteiger partial charge on any atom is 0.316 e. The highest BCUT2D eigenvalue weighted by atomic mass is 79.9. The molecule has 0 aliphatic heterocycles. The molecule has 7 heteroatoms. The number of Topliss-reactive ketones (excluding diaryl/α,β-unsaturated/α-hetero) is 1. The van der Waals surface area contributed by atoms with Gasteiger partial charge in [0.2, 0.25) is 0 Å². The minimum absolute atomic E-state index is 0.320. The first-order valence-electron chi connectivity index (χ1n) is 7.39. The molecule has 0 amide bonds. The fraction of sp³-hybridized carbons (Fsp3) is 0.471. The Morgan fingerprint density at radius 2 is 1.71 bits per heavy atom. The zero-order valence-electron chi connectivity index (χ0n) is 13.6. The van der Waals surface area contributed by atoms with Crippen molar-refractivity contribution >= 4 is 33.7 Å². The summed E-state index contributed by atoms with van der Waals surface area (Å²) in [7, 11) is 2.40. The predicted molar refractivity (Wildman–Crippen MR) is 88.1 cm³/mol. The van der Waals surface area contributed by atoms with E-state index in [1.807, 2.05) is 0 Å². The fourth-order valence-corrected chi connectivity index (χ4v) is 3.62. The molecule has 130 valence electrons. The highest BCUT2D eigenvalue weighted by Gasteiger charge is 2.56. The third-order valence-electron chi connectivity index (χ3n) is 4.43. The Kier molecular flexibility index (Phi) is 5.45. The van der Waals surface area contributed by atoms with Crippen LogP contribution in [0.2, 0.25) is 0 Å². The summed E-state index contributed by atoms with van der Waals surface area (Å²) in [6, 6.07) is 6.89. The molecular weight excluding hydrogens is 380 g/mol. The molecular formula is C17H19BrO6. The standard InChI is InChI=1S/C17H19BrO6/c1-17(22)8-11(19)13(15(20)23-2)12(14(17)16(21)24-3)9-4-6-10(18)7-5-9/h4-7,12-14,22H,8H2,1-3H3/t12-,13-,14-,17-/m0/s1. The number of ketones is 1. The number of rotatable bonds is 3. The van der Waals surface area contributed by atoms with E-state index in [9.17, 15) is 19.5 Å². The van der Waals surface area contributed by atoms with Gasteiger partial charge in [0.25, 0.3) is 0 Å². The summed E-state index contributed by atoms with van der Waals surface area (Å²) in [5, 5.41) is 10.7. The molecule has 0 unspecified atom stereocenters. The van der Waals surface area contributed by atoms with Crippen molar-refractivity contribution in [3.63, 3.8) is 0 Å². The zero-order valence-corrected chi connectivity index (χ0v) is 15.2. The van der Waals surface area contributed by atoms with E-state index < -0.39 is 41.1 Å². The first-order valence-corrected chi connectivity index (χ1v) is 8.18. The molecule has 0 aromatic heterocycles. The Balaban J connectivity index is 2.63. The quantitative estimate of drug-likeness (QED) is 0.616. The molecule has 1 aliphatic rings. The lowest BCUT2D eigenvalue weighted by molar-refractivity contribution is -0.170. The van der Waals surface area contributed by atoms with Crippen LogP contribution in [0.4, 0.5) is 0 Å². The van der Waals surface area contributed by atoms with Crippen LogP contribution >= 0.6 is 15.9 Å². The molecule has 1 aromatic carbocycles. The highest BCUT2D eigenvalue weighted by molar-refractivity contribution is 9.10. The lowest BCUT2D eigenvalue weighted by Gasteiger charge is -2.43. The first kappa shape index (κ1) is 18.6. The second kappa shape index (κ2) is 7.03. The SMILES string of the molecule is COC(=O)[C@H]1C(=O)C[C@](C)(O)[C@H](C(=O)OC)[C@H]1c1ccc(Br)cc1. The topological polar surface area (TPSA) is 89.9 Å². The number of hydrogen-bond donors (Lipinski definition) is 1. The summed E-state index contributed by atoms with van der Waals surface area (Å²) in [6.07, 6.45) is -0.320. The predicted octanol–water partition coefficient (Wildman–Crippen LogP) is 1.83. The number of carbonyl (C=O) groups is 3. The van der Waals surface area contributed by atoms with Crippen molar-refractivity contribution in [1.82, 2.24) is 0 Å². The summed E-state index contributed by atoms with van der Waals surface area (Å²) in [4.78, 5) is 37.0. The number of benzene rings is 1. The Hall–Kier alpha value is -1.73. The fourth-order valence-electron chi connectivity index (χ4n) is 3.35. The van der Waals surface area contributed by atoms with Crippen LogP contribution in [0.3, 0.4) is 0 Å². The van der Waals surface area contributed by atoms with Gasteiger partial charge in [0.05, 0.1) is 25.7 Å². The van der Waals surface area contributed by atoms with Crippen molar-refractivity contribution in [1.29, 1.82) is 0 Å². The minimum atomic E-state index is -1.62. The third-order valence-corrected chi connectivity index (χ3v) is 4.96. The number of esters is 2. The third kappa shape index (κ3) is 3.37. The van der Waals surface area contributed by atoms with Crippen LogP contribution in [0.1, 0.15) is 24.8 Å². The van der Waals surface area contributed by atoms with E-state index in [1.54, 1.807) is 24.3 Å². The Labute approximate surface area is 148 Å². The molecule has 1 fully saturated rings. The summed E-state index contributed by atoms with van der Waals surface area (Å²) >= 11 is 3.32. The minimum Gasteiger partial charge on any atom is -0.469 e. The summed E-state index contributed by atoms with van der Waals surface area (Å²) in [5.74, 6) is -4.95. The molecule has 0 saturated heterocycles. The maximum absolute atomic E-state index is 12.5. The smallest absolute Gasteiger partial charge is 0.316 e. The van der Waals surface area contributed by atoms with Crippen molar-refractivity contribution in [2.24, 2.45) is 11.8 Å². The molecule has 1 aliphatic carbocycles. The van der Waals surface area contributed by atoms with E-state index in [-0.39, 0.29) is 6.42 Å². The van der Waals surface area contributed by atoms with Gasteiger partial charge in [0.1, 0.15) is 5.92 Å². The van der Waals surface area contributed by atoms with Crippen LogP contribution in [-0.2, 0) is 23.9 Å². The molecule has 0 bridgehead atoms. The van der Waals surface area contributed by atoms with Crippen LogP contribution in [0, 0.1) is 11.8 Å². The summed E-state index contributed by atoms with van der Waals surface area (Å²) < 4.78 is 10.4. The number of methoxy groups -OCH3 is 2. The Bertz CT molecular complexity index is 652. The van der Waals surface area contributed by atoms with Crippen molar-refractivity contribution in [2.75, 3.05) is 14.2 Å². The van der Waals surface area contributed by atoms with Gasteiger partial charge in [-0.2, -0.15) is 0 Å². The number of halogens is 1. The van der Waals surface area contributed by atoms with Gasteiger partial charge in [0.15, 0.2) is 5.78 Å². The summed E-state index contributed by atoms with van der Waals surface area (Å²) in [5.41, 5.74) is -1.04. The van der Waals surface area contributed by atoms with E-state index in [4.69, 9.17) is 9.47 Å². The van der Waals surface area contributed by atoms with E-state index in [2.05, 4.69) is 15.9 Å². The zero-order chi connectivity index (χ0) is 18.1. The van der Waals surface area contributed by atoms with Gasteiger partial charge in [-0.1, -0.05) is 28.1 Å². The lowest BCUT2D eigenvalue weighted by Crippen LogP contribution is -2.55.